The fourth-order valence-corrected chi connectivity index (χ4v) is 4.97. The molecule has 0 saturated carbocycles. The standard InChI is InChI=1S/C28H33N5O/c1-30(2)21-22-9-14-27(29-20-22)31-16-18-32(19-17-31)28(34)24-10-12-25(13-11-24)33-15-5-7-23-6-3-4-8-26(23)33/h3-4,6,8-14,20H,5,7,15-19,21H2,1-2H3. The largest absolute Gasteiger partial charge is 0.353 e. The summed E-state index contributed by atoms with van der Waals surface area (Å²) >= 11 is 0. The lowest BCUT2D eigenvalue weighted by atomic mass is 10.0. The van der Waals surface area contributed by atoms with Gasteiger partial charge < -0.3 is 19.6 Å². The normalized spacial score (nSPS) is 16.0. The first-order chi connectivity index (χ1) is 16.6. The van der Waals surface area contributed by atoms with Crippen molar-refractivity contribution < 1.29 is 4.79 Å². The molecule has 3 heterocycles. The Morgan fingerprint density at radius 2 is 1.68 bits per heavy atom. The monoisotopic (exact) mass is 455 g/mol. The van der Waals surface area contributed by atoms with E-state index < -0.39 is 0 Å². The minimum absolute atomic E-state index is 0.111. The van der Waals surface area contributed by atoms with Crippen LogP contribution >= 0.6 is 0 Å². The van der Waals surface area contributed by atoms with Crippen molar-refractivity contribution in [3.8, 4) is 0 Å². The number of amides is 1. The summed E-state index contributed by atoms with van der Waals surface area (Å²) in [5.74, 6) is 1.10. The zero-order valence-corrected chi connectivity index (χ0v) is 20.2. The van der Waals surface area contributed by atoms with Gasteiger partial charge in [0.25, 0.3) is 5.91 Å². The molecule has 176 valence electrons. The van der Waals surface area contributed by atoms with Gasteiger partial charge >= 0.3 is 0 Å². The number of pyridine rings is 1. The average Bonchev–Trinajstić information content (AvgIpc) is 2.88. The Hall–Kier alpha value is -3.38. The summed E-state index contributed by atoms with van der Waals surface area (Å²) in [4.78, 5) is 26.5. The molecule has 2 aliphatic heterocycles. The van der Waals surface area contributed by atoms with Crippen LogP contribution in [0.25, 0.3) is 0 Å². The second-order valence-electron chi connectivity index (χ2n) is 9.47. The maximum absolute atomic E-state index is 13.1. The van der Waals surface area contributed by atoms with E-state index in [0.29, 0.717) is 13.1 Å². The van der Waals surface area contributed by atoms with Crippen LogP contribution in [0.4, 0.5) is 17.2 Å². The van der Waals surface area contributed by atoms with Crippen molar-refractivity contribution >= 4 is 23.1 Å². The number of benzene rings is 2. The van der Waals surface area contributed by atoms with Gasteiger partial charge in [-0.3, -0.25) is 4.79 Å². The quantitative estimate of drug-likeness (QED) is 0.577. The highest BCUT2D eigenvalue weighted by Gasteiger charge is 2.24. The molecular formula is C28H33N5O. The Labute approximate surface area is 202 Å². The molecule has 3 aromatic rings. The summed E-state index contributed by atoms with van der Waals surface area (Å²) in [6.07, 6.45) is 4.23. The molecule has 1 aromatic heterocycles. The minimum atomic E-state index is 0.111. The summed E-state index contributed by atoms with van der Waals surface area (Å²) in [5, 5.41) is 0. The van der Waals surface area contributed by atoms with Crippen LogP contribution in [-0.4, -0.2) is 67.5 Å². The van der Waals surface area contributed by atoms with E-state index in [1.165, 1.54) is 16.8 Å². The SMILES string of the molecule is CN(C)Cc1ccc(N2CCN(C(=O)c3ccc(N4CCCc5ccccc54)cc3)CC2)nc1. The molecule has 0 aliphatic carbocycles. The van der Waals surface area contributed by atoms with E-state index in [4.69, 9.17) is 0 Å². The van der Waals surface area contributed by atoms with E-state index in [2.05, 4.69) is 82.3 Å². The van der Waals surface area contributed by atoms with E-state index in [0.717, 1.165) is 56.1 Å². The van der Waals surface area contributed by atoms with Crippen LogP contribution in [-0.2, 0) is 13.0 Å². The lowest BCUT2D eigenvalue weighted by Crippen LogP contribution is -2.49. The first-order valence-electron chi connectivity index (χ1n) is 12.2. The van der Waals surface area contributed by atoms with Crippen molar-refractivity contribution in [3.63, 3.8) is 0 Å². The number of carbonyl (C=O) groups excluding carboxylic acids is 1. The molecule has 2 aromatic carbocycles. The van der Waals surface area contributed by atoms with Crippen LogP contribution in [0.15, 0.2) is 66.9 Å². The molecule has 0 spiro atoms. The topological polar surface area (TPSA) is 42.9 Å². The van der Waals surface area contributed by atoms with Crippen molar-refractivity contribution in [1.82, 2.24) is 14.8 Å². The number of aromatic nitrogens is 1. The summed E-state index contributed by atoms with van der Waals surface area (Å²) in [6, 6.07) is 21.0. The molecule has 0 N–H and O–H groups in total. The van der Waals surface area contributed by atoms with Gasteiger partial charge in [-0.1, -0.05) is 24.3 Å². The summed E-state index contributed by atoms with van der Waals surface area (Å²) in [6.45, 7) is 4.92. The smallest absolute Gasteiger partial charge is 0.253 e. The maximum atomic E-state index is 13.1. The number of rotatable bonds is 5. The zero-order chi connectivity index (χ0) is 23.5. The number of hydrogen-bond donors (Lipinski definition) is 0. The molecule has 6 heteroatoms. The fraction of sp³-hybridized carbons (Fsp3) is 0.357. The molecule has 34 heavy (non-hydrogen) atoms. The van der Waals surface area contributed by atoms with E-state index in [1.54, 1.807) is 0 Å². The maximum Gasteiger partial charge on any atom is 0.253 e. The number of piperazine rings is 1. The number of carbonyl (C=O) groups is 1. The van der Waals surface area contributed by atoms with Crippen LogP contribution < -0.4 is 9.80 Å². The van der Waals surface area contributed by atoms with E-state index >= 15 is 0 Å². The van der Waals surface area contributed by atoms with Gasteiger partial charge in [-0.2, -0.15) is 0 Å². The van der Waals surface area contributed by atoms with Gasteiger partial charge in [0.2, 0.25) is 0 Å². The summed E-state index contributed by atoms with van der Waals surface area (Å²) in [5.41, 5.74) is 5.80. The Balaban J connectivity index is 1.20. The Morgan fingerprint density at radius 3 is 2.38 bits per heavy atom. The van der Waals surface area contributed by atoms with E-state index in [9.17, 15) is 4.79 Å². The summed E-state index contributed by atoms with van der Waals surface area (Å²) < 4.78 is 0. The highest BCUT2D eigenvalue weighted by atomic mass is 16.2. The van der Waals surface area contributed by atoms with Crippen LogP contribution in [0.1, 0.15) is 27.9 Å². The van der Waals surface area contributed by atoms with Gasteiger partial charge in [-0.05, 0) is 74.5 Å². The third-order valence-electron chi connectivity index (χ3n) is 6.73. The second-order valence-corrected chi connectivity index (χ2v) is 9.47. The molecule has 6 nitrogen and oxygen atoms in total. The lowest BCUT2D eigenvalue weighted by Gasteiger charge is -2.35. The molecule has 5 rings (SSSR count). The average molecular weight is 456 g/mol. The van der Waals surface area contributed by atoms with Crippen molar-refractivity contribution in [3.05, 3.63) is 83.6 Å². The number of fused-ring (bicyclic) bond motifs is 1. The van der Waals surface area contributed by atoms with E-state index in [1.807, 2.05) is 23.2 Å². The first kappa shape index (κ1) is 22.4. The van der Waals surface area contributed by atoms with Gasteiger partial charge in [-0.15, -0.1) is 0 Å². The molecule has 0 unspecified atom stereocenters. The van der Waals surface area contributed by atoms with E-state index in [-0.39, 0.29) is 5.91 Å². The predicted molar refractivity (Wildman–Crippen MR) is 138 cm³/mol. The van der Waals surface area contributed by atoms with Crippen LogP contribution in [0.3, 0.4) is 0 Å². The zero-order valence-electron chi connectivity index (χ0n) is 20.2. The fourth-order valence-electron chi connectivity index (χ4n) is 4.97. The Bertz CT molecular complexity index is 1120. The lowest BCUT2D eigenvalue weighted by molar-refractivity contribution is 0.0746. The van der Waals surface area contributed by atoms with Gasteiger partial charge in [-0.25, -0.2) is 4.98 Å². The third kappa shape index (κ3) is 4.77. The molecule has 0 bridgehead atoms. The van der Waals surface area contributed by atoms with Crippen molar-refractivity contribution in [1.29, 1.82) is 0 Å². The van der Waals surface area contributed by atoms with Crippen LogP contribution in [0, 0.1) is 0 Å². The number of nitrogens with zero attached hydrogens (tertiary/aromatic N) is 5. The van der Waals surface area contributed by atoms with Crippen LogP contribution in [0.2, 0.25) is 0 Å². The molecule has 1 amide bonds. The highest BCUT2D eigenvalue weighted by molar-refractivity contribution is 5.95. The predicted octanol–water partition coefficient (Wildman–Crippen LogP) is 4.19. The van der Waals surface area contributed by atoms with Gasteiger partial charge in [0.15, 0.2) is 0 Å². The second kappa shape index (κ2) is 9.85. The van der Waals surface area contributed by atoms with Crippen molar-refractivity contribution in [2.75, 3.05) is 56.6 Å². The van der Waals surface area contributed by atoms with Crippen LogP contribution in [0.5, 0.6) is 0 Å². The Morgan fingerprint density at radius 1 is 0.912 bits per heavy atom. The van der Waals surface area contributed by atoms with Crippen molar-refractivity contribution in [2.24, 2.45) is 0 Å². The first-order valence-corrected chi connectivity index (χ1v) is 12.2. The molecule has 1 saturated heterocycles. The molecule has 1 fully saturated rings. The highest BCUT2D eigenvalue weighted by Crippen LogP contribution is 2.33. The molecule has 0 radical (unpaired) electrons. The van der Waals surface area contributed by atoms with Gasteiger partial charge in [0.05, 0.1) is 0 Å². The summed E-state index contributed by atoms with van der Waals surface area (Å²) in [7, 11) is 4.12. The van der Waals surface area contributed by atoms with Crippen molar-refractivity contribution in [2.45, 2.75) is 19.4 Å². The Kier molecular flexibility index (Phi) is 6.50. The number of aryl methyl sites for hydroxylation is 1. The molecule has 2 aliphatic rings. The van der Waals surface area contributed by atoms with Gasteiger partial charge in [0, 0.05) is 62.4 Å². The number of para-hydroxylation sites is 1. The minimum Gasteiger partial charge on any atom is -0.353 e. The van der Waals surface area contributed by atoms with Gasteiger partial charge in [0.1, 0.15) is 5.82 Å². The molecular weight excluding hydrogens is 422 g/mol. The molecule has 0 atom stereocenters. The third-order valence-corrected chi connectivity index (χ3v) is 6.73. The number of anilines is 3. The number of hydrogen-bond acceptors (Lipinski definition) is 5.